The maximum Gasteiger partial charge on any atom is 0.0471 e. The van der Waals surface area contributed by atoms with E-state index in [0.717, 1.165) is 13.1 Å². The number of likely N-dealkylation sites (N-methyl/N-ethyl adjacent to an activating group) is 1. The van der Waals surface area contributed by atoms with Crippen molar-refractivity contribution < 1.29 is 0 Å². The van der Waals surface area contributed by atoms with Gasteiger partial charge in [0.2, 0.25) is 0 Å². The number of nitrogens with two attached hydrogens (primary N) is 1. The lowest BCUT2D eigenvalue weighted by Gasteiger charge is -2.28. The van der Waals surface area contributed by atoms with Gasteiger partial charge in [0, 0.05) is 31.7 Å². The van der Waals surface area contributed by atoms with Crippen LogP contribution in [0, 0.1) is 0 Å². The summed E-state index contributed by atoms with van der Waals surface area (Å²) in [7, 11) is 4.34. The minimum Gasteiger partial charge on any atom is -0.329 e. The molecule has 2 unspecified atom stereocenters. The zero-order chi connectivity index (χ0) is 14.7. The van der Waals surface area contributed by atoms with E-state index in [0.29, 0.717) is 24.5 Å². The molecule has 0 saturated carbocycles. The van der Waals surface area contributed by atoms with Crippen LogP contribution in [0.15, 0.2) is 24.3 Å². The van der Waals surface area contributed by atoms with Crippen LogP contribution < -0.4 is 5.73 Å². The van der Waals surface area contributed by atoms with Crippen molar-refractivity contribution in [3.05, 3.63) is 35.4 Å². The lowest BCUT2D eigenvalue weighted by molar-refractivity contribution is 0.220. The lowest BCUT2D eigenvalue weighted by Crippen LogP contribution is -2.36. The van der Waals surface area contributed by atoms with Crippen LogP contribution in [0.2, 0.25) is 0 Å². The smallest absolute Gasteiger partial charge is 0.0471 e. The van der Waals surface area contributed by atoms with E-state index in [2.05, 4.69) is 62.0 Å². The molecule has 0 amide bonds. The van der Waals surface area contributed by atoms with Crippen molar-refractivity contribution in [2.45, 2.75) is 38.3 Å². The first-order valence-electron chi connectivity index (χ1n) is 7.73. The summed E-state index contributed by atoms with van der Waals surface area (Å²) in [6, 6.07) is 10.1. The Balaban J connectivity index is 2.08. The molecule has 2 rings (SSSR count). The average Bonchev–Trinajstić information content (AvgIpc) is 2.90. The Morgan fingerprint density at radius 1 is 1.20 bits per heavy atom. The maximum atomic E-state index is 6.05. The van der Waals surface area contributed by atoms with E-state index in [4.69, 9.17) is 5.73 Å². The van der Waals surface area contributed by atoms with Gasteiger partial charge in [-0.25, -0.2) is 0 Å². The second-order valence-corrected chi connectivity index (χ2v) is 6.47. The summed E-state index contributed by atoms with van der Waals surface area (Å²) in [4.78, 5) is 4.87. The van der Waals surface area contributed by atoms with Crippen molar-refractivity contribution in [3.63, 3.8) is 0 Å². The highest BCUT2D eigenvalue weighted by Crippen LogP contribution is 2.27. The van der Waals surface area contributed by atoms with E-state index in [1.807, 2.05) is 0 Å². The fourth-order valence-electron chi connectivity index (χ4n) is 3.07. The molecule has 0 aliphatic carbocycles. The molecule has 3 nitrogen and oxygen atoms in total. The van der Waals surface area contributed by atoms with Crippen molar-refractivity contribution in [2.75, 3.05) is 33.7 Å². The van der Waals surface area contributed by atoms with Gasteiger partial charge in [-0.3, -0.25) is 4.90 Å². The molecule has 1 aromatic rings. The molecule has 2 N–H and O–H groups in total. The molecule has 3 heteroatoms. The van der Waals surface area contributed by atoms with Gasteiger partial charge in [0.05, 0.1) is 0 Å². The Morgan fingerprint density at radius 3 is 2.25 bits per heavy atom. The highest BCUT2D eigenvalue weighted by Gasteiger charge is 2.29. The Hall–Kier alpha value is -0.900. The van der Waals surface area contributed by atoms with E-state index < -0.39 is 0 Å². The molecule has 0 bridgehead atoms. The molecule has 112 valence electrons. The molecular weight excluding hydrogens is 246 g/mol. The van der Waals surface area contributed by atoms with Crippen LogP contribution in [-0.4, -0.2) is 49.6 Å². The highest BCUT2D eigenvalue weighted by molar-refractivity contribution is 5.27. The minimum atomic E-state index is 0.362. The number of rotatable bonds is 5. The van der Waals surface area contributed by atoms with Crippen LogP contribution in [0.4, 0.5) is 0 Å². The molecule has 1 aromatic carbocycles. The number of likely N-dealkylation sites (tertiary alicyclic amines) is 1. The summed E-state index contributed by atoms with van der Waals surface area (Å²) < 4.78 is 0. The van der Waals surface area contributed by atoms with Gasteiger partial charge in [0.25, 0.3) is 0 Å². The average molecular weight is 275 g/mol. The molecule has 0 spiro atoms. The van der Waals surface area contributed by atoms with Crippen molar-refractivity contribution in [1.29, 1.82) is 0 Å². The third kappa shape index (κ3) is 3.40. The van der Waals surface area contributed by atoms with Gasteiger partial charge in [-0.15, -0.1) is 0 Å². The zero-order valence-corrected chi connectivity index (χ0v) is 13.3. The maximum absolute atomic E-state index is 6.05. The summed E-state index contributed by atoms with van der Waals surface area (Å²) >= 11 is 0. The quantitative estimate of drug-likeness (QED) is 0.896. The second-order valence-electron chi connectivity index (χ2n) is 6.47. The Labute approximate surface area is 123 Å². The van der Waals surface area contributed by atoms with Crippen LogP contribution in [0.25, 0.3) is 0 Å². The molecular formula is C17H29N3. The monoisotopic (exact) mass is 275 g/mol. The van der Waals surface area contributed by atoms with Gasteiger partial charge in [0.1, 0.15) is 0 Å². The van der Waals surface area contributed by atoms with E-state index >= 15 is 0 Å². The van der Waals surface area contributed by atoms with Crippen molar-refractivity contribution in [2.24, 2.45) is 5.73 Å². The molecule has 20 heavy (non-hydrogen) atoms. The molecule has 0 radical (unpaired) electrons. The van der Waals surface area contributed by atoms with E-state index in [9.17, 15) is 0 Å². The SMILES string of the molecule is CC(C)c1ccc(C(CN)N2CCC(N(C)C)C2)cc1. The van der Waals surface area contributed by atoms with E-state index in [1.165, 1.54) is 17.5 Å². The molecule has 0 aromatic heterocycles. The zero-order valence-electron chi connectivity index (χ0n) is 13.3. The molecule has 1 saturated heterocycles. The van der Waals surface area contributed by atoms with Crippen molar-refractivity contribution in [1.82, 2.24) is 9.80 Å². The summed E-state index contributed by atoms with van der Waals surface area (Å²) in [5.74, 6) is 0.588. The van der Waals surface area contributed by atoms with Crippen molar-refractivity contribution >= 4 is 0 Å². The van der Waals surface area contributed by atoms with E-state index in [1.54, 1.807) is 0 Å². The fraction of sp³-hybridized carbons (Fsp3) is 0.647. The summed E-state index contributed by atoms with van der Waals surface area (Å²) in [6.45, 7) is 7.44. The Bertz CT molecular complexity index is 411. The van der Waals surface area contributed by atoms with Gasteiger partial charge < -0.3 is 10.6 Å². The van der Waals surface area contributed by atoms with E-state index in [-0.39, 0.29) is 0 Å². The predicted molar refractivity (Wildman–Crippen MR) is 86.0 cm³/mol. The van der Waals surface area contributed by atoms with Crippen molar-refractivity contribution in [3.8, 4) is 0 Å². The Morgan fingerprint density at radius 2 is 1.80 bits per heavy atom. The van der Waals surface area contributed by atoms with Gasteiger partial charge in [0.15, 0.2) is 0 Å². The Kier molecular flexibility index (Phi) is 5.19. The summed E-state index contributed by atoms with van der Waals surface area (Å²) in [5.41, 5.74) is 8.81. The van der Waals surface area contributed by atoms with Gasteiger partial charge in [-0.05, 0) is 37.6 Å². The lowest BCUT2D eigenvalue weighted by atomic mass is 9.98. The molecule has 1 aliphatic rings. The predicted octanol–water partition coefficient (Wildman–Crippen LogP) is 2.45. The normalized spacial score (nSPS) is 21.9. The number of hydrogen-bond donors (Lipinski definition) is 1. The first-order valence-corrected chi connectivity index (χ1v) is 7.73. The fourth-order valence-corrected chi connectivity index (χ4v) is 3.07. The van der Waals surface area contributed by atoms with Gasteiger partial charge in [-0.1, -0.05) is 38.1 Å². The molecule has 1 fully saturated rings. The first kappa shape index (κ1) is 15.5. The standard InChI is InChI=1S/C17H29N3/c1-13(2)14-5-7-15(8-6-14)17(11-18)20-10-9-16(12-20)19(3)4/h5-8,13,16-17H,9-12,18H2,1-4H3. The first-order chi connectivity index (χ1) is 9.52. The summed E-state index contributed by atoms with van der Waals surface area (Å²) in [6.07, 6.45) is 1.24. The third-order valence-electron chi connectivity index (χ3n) is 4.58. The third-order valence-corrected chi connectivity index (χ3v) is 4.58. The number of benzene rings is 1. The minimum absolute atomic E-state index is 0.362. The molecule has 1 heterocycles. The highest BCUT2D eigenvalue weighted by atomic mass is 15.2. The van der Waals surface area contributed by atoms with Crippen LogP contribution in [0.3, 0.4) is 0 Å². The molecule has 1 aliphatic heterocycles. The van der Waals surface area contributed by atoms with Gasteiger partial charge in [-0.2, -0.15) is 0 Å². The second kappa shape index (κ2) is 6.70. The van der Waals surface area contributed by atoms with Crippen LogP contribution in [0.5, 0.6) is 0 Å². The molecule has 2 atom stereocenters. The van der Waals surface area contributed by atoms with Crippen LogP contribution in [0.1, 0.15) is 43.4 Å². The van der Waals surface area contributed by atoms with Crippen LogP contribution >= 0.6 is 0 Å². The topological polar surface area (TPSA) is 32.5 Å². The van der Waals surface area contributed by atoms with Crippen LogP contribution in [-0.2, 0) is 0 Å². The van der Waals surface area contributed by atoms with Gasteiger partial charge >= 0.3 is 0 Å². The number of hydrogen-bond acceptors (Lipinski definition) is 3. The largest absolute Gasteiger partial charge is 0.329 e. The number of nitrogens with zero attached hydrogens (tertiary/aromatic N) is 2. The summed E-state index contributed by atoms with van der Waals surface area (Å²) in [5, 5.41) is 0.